The van der Waals surface area contributed by atoms with E-state index in [4.69, 9.17) is 5.73 Å². The summed E-state index contributed by atoms with van der Waals surface area (Å²) in [5.41, 5.74) is 8.95. The summed E-state index contributed by atoms with van der Waals surface area (Å²) in [5.74, 6) is 0.477. The van der Waals surface area contributed by atoms with Gasteiger partial charge in [0.05, 0.1) is 0 Å². The van der Waals surface area contributed by atoms with Crippen LogP contribution in [0.2, 0.25) is 0 Å². The Hall–Kier alpha value is -2.49. The van der Waals surface area contributed by atoms with Gasteiger partial charge in [0.25, 0.3) is 0 Å². The Labute approximate surface area is 119 Å². The molecule has 0 aliphatic carbocycles. The molecule has 20 heavy (non-hydrogen) atoms. The Morgan fingerprint density at radius 3 is 2.25 bits per heavy atom. The van der Waals surface area contributed by atoms with Crippen LogP contribution in [0.4, 0.5) is 21.9 Å². The number of rotatable bonds is 3. The molecule has 104 valence electrons. The predicted molar refractivity (Wildman–Crippen MR) is 84.0 cm³/mol. The zero-order valence-electron chi connectivity index (χ0n) is 11.7. The Balaban J connectivity index is 1.97. The molecule has 0 aliphatic rings. The summed E-state index contributed by atoms with van der Waals surface area (Å²) in [7, 11) is 0. The van der Waals surface area contributed by atoms with Crippen LogP contribution in [0, 0.1) is 0 Å². The summed E-state index contributed by atoms with van der Waals surface area (Å²) in [4.78, 5) is 11.8. The highest BCUT2D eigenvalue weighted by molar-refractivity contribution is 5.99. The van der Waals surface area contributed by atoms with Crippen LogP contribution in [0.1, 0.15) is 25.3 Å². The van der Waals surface area contributed by atoms with E-state index in [9.17, 15) is 4.79 Å². The van der Waals surface area contributed by atoms with Gasteiger partial charge in [-0.25, -0.2) is 4.79 Å². The van der Waals surface area contributed by atoms with Crippen LogP contribution in [-0.4, -0.2) is 6.03 Å². The molecule has 4 N–H and O–H groups in total. The molecule has 0 atom stereocenters. The molecule has 2 rings (SSSR count). The first-order chi connectivity index (χ1) is 9.54. The largest absolute Gasteiger partial charge is 0.399 e. The van der Waals surface area contributed by atoms with Crippen LogP contribution in [0.15, 0.2) is 48.5 Å². The zero-order chi connectivity index (χ0) is 14.5. The summed E-state index contributed by atoms with van der Waals surface area (Å²) >= 11 is 0. The van der Waals surface area contributed by atoms with E-state index in [0.717, 1.165) is 5.69 Å². The van der Waals surface area contributed by atoms with Crippen molar-refractivity contribution in [3.8, 4) is 0 Å². The van der Waals surface area contributed by atoms with Crippen LogP contribution in [0.3, 0.4) is 0 Å². The molecule has 0 unspecified atom stereocenters. The molecule has 0 bridgehead atoms. The summed E-state index contributed by atoms with van der Waals surface area (Å²) in [5, 5.41) is 5.52. The summed E-state index contributed by atoms with van der Waals surface area (Å²) in [6.07, 6.45) is 0. The summed E-state index contributed by atoms with van der Waals surface area (Å²) in [6, 6.07) is 14.6. The second-order valence-corrected chi connectivity index (χ2v) is 4.98. The quantitative estimate of drug-likeness (QED) is 0.736. The Kier molecular flexibility index (Phi) is 4.25. The van der Waals surface area contributed by atoms with E-state index in [1.807, 2.05) is 24.3 Å². The molecule has 2 aromatic rings. The first-order valence-electron chi connectivity index (χ1n) is 6.58. The van der Waals surface area contributed by atoms with Gasteiger partial charge in [-0.1, -0.05) is 32.0 Å². The number of carbonyl (C=O) groups is 1. The molecular weight excluding hydrogens is 250 g/mol. The maximum absolute atomic E-state index is 11.8. The van der Waals surface area contributed by atoms with Crippen LogP contribution >= 0.6 is 0 Å². The first kappa shape index (κ1) is 13.9. The lowest BCUT2D eigenvalue weighted by atomic mass is 10.0. The Bertz CT molecular complexity index is 591. The molecule has 0 fully saturated rings. The van der Waals surface area contributed by atoms with Crippen molar-refractivity contribution in [1.29, 1.82) is 0 Å². The van der Waals surface area contributed by atoms with Crippen molar-refractivity contribution in [3.63, 3.8) is 0 Å². The van der Waals surface area contributed by atoms with Crippen LogP contribution < -0.4 is 16.4 Å². The highest BCUT2D eigenvalue weighted by atomic mass is 16.2. The molecule has 0 spiro atoms. The maximum atomic E-state index is 11.8. The second kappa shape index (κ2) is 6.10. The molecule has 4 heteroatoms. The number of hydrogen-bond acceptors (Lipinski definition) is 2. The SMILES string of the molecule is CC(C)c1ccc(NC(=O)Nc2cccc(N)c2)cc1. The monoisotopic (exact) mass is 269 g/mol. The first-order valence-corrected chi connectivity index (χ1v) is 6.58. The average molecular weight is 269 g/mol. The fourth-order valence-electron chi connectivity index (χ4n) is 1.86. The fraction of sp³-hybridized carbons (Fsp3) is 0.188. The van der Waals surface area contributed by atoms with E-state index >= 15 is 0 Å². The smallest absolute Gasteiger partial charge is 0.323 e. The van der Waals surface area contributed by atoms with Crippen LogP contribution in [0.25, 0.3) is 0 Å². The Morgan fingerprint density at radius 2 is 1.65 bits per heavy atom. The number of nitrogens with two attached hydrogens (primary N) is 1. The van der Waals surface area contributed by atoms with Crippen molar-refractivity contribution >= 4 is 23.1 Å². The van der Waals surface area contributed by atoms with Crippen molar-refractivity contribution in [2.24, 2.45) is 0 Å². The van der Waals surface area contributed by atoms with Crippen molar-refractivity contribution in [3.05, 3.63) is 54.1 Å². The third-order valence-corrected chi connectivity index (χ3v) is 2.98. The zero-order valence-corrected chi connectivity index (χ0v) is 11.7. The highest BCUT2D eigenvalue weighted by Crippen LogP contribution is 2.17. The standard InChI is InChI=1S/C16H19N3O/c1-11(2)12-6-8-14(9-7-12)18-16(20)19-15-5-3-4-13(17)10-15/h3-11H,17H2,1-2H3,(H2,18,19,20). The molecule has 0 saturated heterocycles. The molecule has 0 radical (unpaired) electrons. The van der Waals surface area contributed by atoms with E-state index in [1.165, 1.54) is 5.56 Å². The van der Waals surface area contributed by atoms with Gasteiger partial charge in [-0.15, -0.1) is 0 Å². The molecule has 0 heterocycles. The molecule has 0 aliphatic heterocycles. The van der Waals surface area contributed by atoms with Crippen LogP contribution in [0.5, 0.6) is 0 Å². The minimum atomic E-state index is -0.284. The Morgan fingerprint density at radius 1 is 1.00 bits per heavy atom. The number of urea groups is 1. The number of nitrogen functional groups attached to an aromatic ring is 1. The average Bonchev–Trinajstić information content (AvgIpc) is 2.39. The van der Waals surface area contributed by atoms with Crippen molar-refractivity contribution in [2.45, 2.75) is 19.8 Å². The van der Waals surface area contributed by atoms with Gasteiger partial charge in [-0.3, -0.25) is 0 Å². The fourth-order valence-corrected chi connectivity index (χ4v) is 1.86. The topological polar surface area (TPSA) is 67.2 Å². The molecule has 0 saturated carbocycles. The van der Waals surface area contributed by atoms with E-state index in [2.05, 4.69) is 24.5 Å². The van der Waals surface area contributed by atoms with E-state index in [-0.39, 0.29) is 6.03 Å². The van der Waals surface area contributed by atoms with Gasteiger partial charge in [0.2, 0.25) is 0 Å². The lowest BCUT2D eigenvalue weighted by molar-refractivity contribution is 0.262. The van der Waals surface area contributed by atoms with Gasteiger partial charge in [-0.2, -0.15) is 0 Å². The number of amides is 2. The predicted octanol–water partition coefficient (Wildman–Crippen LogP) is 4.04. The second-order valence-electron chi connectivity index (χ2n) is 4.98. The molecule has 0 aromatic heterocycles. The van der Waals surface area contributed by atoms with Gasteiger partial charge in [-0.05, 0) is 41.8 Å². The van der Waals surface area contributed by atoms with Gasteiger partial charge in [0.15, 0.2) is 0 Å². The van der Waals surface area contributed by atoms with Crippen molar-refractivity contribution in [2.75, 3.05) is 16.4 Å². The van der Waals surface area contributed by atoms with E-state index < -0.39 is 0 Å². The normalized spacial score (nSPS) is 10.3. The third-order valence-electron chi connectivity index (χ3n) is 2.98. The van der Waals surface area contributed by atoms with Gasteiger partial charge < -0.3 is 16.4 Å². The highest BCUT2D eigenvalue weighted by Gasteiger charge is 2.04. The maximum Gasteiger partial charge on any atom is 0.323 e. The van der Waals surface area contributed by atoms with E-state index in [1.54, 1.807) is 24.3 Å². The molecular formula is C16H19N3O. The van der Waals surface area contributed by atoms with E-state index in [0.29, 0.717) is 17.3 Å². The van der Waals surface area contributed by atoms with Crippen molar-refractivity contribution in [1.82, 2.24) is 0 Å². The number of carbonyl (C=O) groups excluding carboxylic acids is 1. The van der Waals surface area contributed by atoms with Crippen molar-refractivity contribution < 1.29 is 4.79 Å². The lowest BCUT2D eigenvalue weighted by Gasteiger charge is -2.10. The number of hydrogen-bond donors (Lipinski definition) is 3. The molecule has 2 aromatic carbocycles. The van der Waals surface area contributed by atoms with Gasteiger partial charge in [0.1, 0.15) is 0 Å². The van der Waals surface area contributed by atoms with Crippen LogP contribution in [-0.2, 0) is 0 Å². The lowest BCUT2D eigenvalue weighted by Crippen LogP contribution is -2.19. The van der Waals surface area contributed by atoms with Gasteiger partial charge >= 0.3 is 6.03 Å². The third kappa shape index (κ3) is 3.75. The van der Waals surface area contributed by atoms with Gasteiger partial charge in [0, 0.05) is 17.1 Å². The molecule has 4 nitrogen and oxygen atoms in total. The number of benzene rings is 2. The number of anilines is 3. The summed E-state index contributed by atoms with van der Waals surface area (Å²) < 4.78 is 0. The summed E-state index contributed by atoms with van der Waals surface area (Å²) in [6.45, 7) is 4.27. The molecule has 2 amide bonds. The minimum absolute atomic E-state index is 0.284. The number of nitrogens with one attached hydrogen (secondary N) is 2. The minimum Gasteiger partial charge on any atom is -0.399 e.